The molecule has 0 spiro atoms. The first-order valence-electron chi connectivity index (χ1n) is 2.83. The van der Waals surface area contributed by atoms with Crippen LogP contribution >= 0.6 is 0 Å². The van der Waals surface area contributed by atoms with Crippen molar-refractivity contribution >= 4 is 6.21 Å². The second-order valence-electron chi connectivity index (χ2n) is 2.07. The smallest absolute Gasteiger partial charge is 0.224 e. The SMILES string of the molecule is N[N+]12C=CN=CC1=CN=N2. The molecular formula is C5H6N5+. The van der Waals surface area contributed by atoms with E-state index < -0.39 is 0 Å². The molecule has 2 N–H and O–H groups in total. The van der Waals surface area contributed by atoms with Crippen LogP contribution in [-0.4, -0.2) is 10.9 Å². The predicted molar refractivity (Wildman–Crippen MR) is 35.0 cm³/mol. The second-order valence-corrected chi connectivity index (χ2v) is 2.07. The highest BCUT2D eigenvalue weighted by Gasteiger charge is 2.32. The number of aliphatic imine (C=N–C) groups is 1. The van der Waals surface area contributed by atoms with Crippen LogP contribution in [0.25, 0.3) is 0 Å². The lowest BCUT2D eigenvalue weighted by atomic mass is 10.4. The number of rotatable bonds is 0. The Bertz CT molecular complexity index is 274. The Morgan fingerprint density at radius 2 is 2.40 bits per heavy atom. The molecule has 2 aliphatic rings. The number of hydrogen-bond donors (Lipinski definition) is 1. The van der Waals surface area contributed by atoms with Gasteiger partial charge < -0.3 is 0 Å². The lowest BCUT2D eigenvalue weighted by Crippen LogP contribution is -2.42. The molecule has 50 valence electrons. The summed E-state index contributed by atoms with van der Waals surface area (Å²) in [6.07, 6.45) is 6.48. The Morgan fingerprint density at radius 1 is 1.50 bits per heavy atom. The third kappa shape index (κ3) is 0.554. The zero-order valence-corrected chi connectivity index (χ0v) is 5.18. The van der Waals surface area contributed by atoms with Crippen LogP contribution in [-0.2, 0) is 0 Å². The highest BCUT2D eigenvalue weighted by Crippen LogP contribution is 2.20. The van der Waals surface area contributed by atoms with Crippen LogP contribution in [0.3, 0.4) is 0 Å². The standard InChI is InChI=1S/C5H6N5/c6-10-2-1-7-3-5(10)4-8-9-10/h1-4H,6H2/q+1. The fourth-order valence-corrected chi connectivity index (χ4v) is 0.816. The third-order valence-corrected chi connectivity index (χ3v) is 1.39. The highest BCUT2D eigenvalue weighted by atomic mass is 15.8. The molecule has 0 radical (unpaired) electrons. The molecule has 0 fully saturated rings. The van der Waals surface area contributed by atoms with Crippen LogP contribution in [0, 0.1) is 0 Å². The minimum Gasteiger partial charge on any atom is -0.253 e. The Morgan fingerprint density at radius 3 is 3.20 bits per heavy atom. The van der Waals surface area contributed by atoms with E-state index in [1.807, 2.05) is 0 Å². The zero-order valence-electron chi connectivity index (χ0n) is 5.18. The van der Waals surface area contributed by atoms with Crippen molar-refractivity contribution in [1.82, 2.24) is 0 Å². The van der Waals surface area contributed by atoms with Gasteiger partial charge in [0.1, 0.15) is 6.20 Å². The molecule has 0 aromatic carbocycles. The van der Waals surface area contributed by atoms with Gasteiger partial charge in [-0.3, -0.25) is 4.99 Å². The van der Waals surface area contributed by atoms with Crippen molar-refractivity contribution in [3.8, 4) is 0 Å². The molecule has 0 aromatic heterocycles. The van der Waals surface area contributed by atoms with Crippen LogP contribution in [0.4, 0.5) is 0 Å². The van der Waals surface area contributed by atoms with Gasteiger partial charge in [0.25, 0.3) is 0 Å². The fourth-order valence-electron chi connectivity index (χ4n) is 0.816. The molecule has 0 saturated heterocycles. The van der Waals surface area contributed by atoms with Crippen LogP contribution in [0.2, 0.25) is 0 Å². The average Bonchev–Trinajstić information content (AvgIpc) is 2.29. The summed E-state index contributed by atoms with van der Waals surface area (Å²) < 4.78 is -0.0938. The van der Waals surface area contributed by atoms with Gasteiger partial charge in [0.05, 0.1) is 17.6 Å². The normalized spacial score (nSPS) is 34.3. The number of nitrogens with zero attached hydrogens (tertiary/aromatic N) is 4. The predicted octanol–water partition coefficient (Wildman–Crippen LogP) is 0.455. The third-order valence-electron chi connectivity index (χ3n) is 1.39. The highest BCUT2D eigenvalue weighted by molar-refractivity contribution is 5.77. The lowest BCUT2D eigenvalue weighted by Gasteiger charge is -2.16. The largest absolute Gasteiger partial charge is 0.253 e. The molecule has 0 saturated carbocycles. The van der Waals surface area contributed by atoms with Gasteiger partial charge in [0, 0.05) is 0 Å². The van der Waals surface area contributed by atoms with Gasteiger partial charge in [-0.2, -0.15) is 0 Å². The van der Waals surface area contributed by atoms with Gasteiger partial charge in [-0.25, -0.2) is 0 Å². The maximum atomic E-state index is 5.70. The molecule has 1 atom stereocenters. The Labute approximate surface area is 57.4 Å². The van der Waals surface area contributed by atoms with E-state index in [-0.39, 0.29) is 4.70 Å². The Kier molecular flexibility index (Phi) is 0.865. The van der Waals surface area contributed by atoms with E-state index in [0.717, 1.165) is 5.70 Å². The summed E-state index contributed by atoms with van der Waals surface area (Å²) >= 11 is 0. The number of quaternary nitrogens is 1. The second kappa shape index (κ2) is 1.59. The van der Waals surface area contributed by atoms with E-state index in [1.165, 1.54) is 0 Å². The molecule has 2 aliphatic heterocycles. The first-order chi connectivity index (χ1) is 4.81. The van der Waals surface area contributed by atoms with E-state index >= 15 is 0 Å². The van der Waals surface area contributed by atoms with Crippen molar-refractivity contribution in [2.24, 2.45) is 21.2 Å². The summed E-state index contributed by atoms with van der Waals surface area (Å²) in [6, 6.07) is 0. The van der Waals surface area contributed by atoms with E-state index in [2.05, 4.69) is 15.3 Å². The minimum atomic E-state index is -0.0938. The minimum absolute atomic E-state index is 0.0938. The summed E-state index contributed by atoms with van der Waals surface area (Å²) in [5.74, 6) is 5.70. The monoisotopic (exact) mass is 136 g/mol. The van der Waals surface area contributed by atoms with E-state index in [4.69, 9.17) is 5.84 Å². The topological polar surface area (TPSA) is 63.1 Å². The molecule has 0 bridgehead atoms. The average molecular weight is 136 g/mol. The van der Waals surface area contributed by atoms with Gasteiger partial charge >= 0.3 is 0 Å². The Hall–Kier alpha value is -1.33. The van der Waals surface area contributed by atoms with E-state index in [9.17, 15) is 0 Å². The molecule has 2 heterocycles. The van der Waals surface area contributed by atoms with Crippen molar-refractivity contribution in [3.63, 3.8) is 0 Å². The zero-order chi connectivity index (χ0) is 7.03. The molecule has 5 heteroatoms. The molecule has 5 nitrogen and oxygen atoms in total. The molecule has 2 rings (SSSR count). The van der Waals surface area contributed by atoms with Crippen LogP contribution < -0.4 is 5.84 Å². The summed E-state index contributed by atoms with van der Waals surface area (Å²) in [5.41, 5.74) is 0.780. The summed E-state index contributed by atoms with van der Waals surface area (Å²) in [5, 5.41) is 7.43. The first kappa shape index (κ1) is 5.45. The maximum Gasteiger partial charge on any atom is 0.224 e. The van der Waals surface area contributed by atoms with Crippen molar-refractivity contribution in [2.75, 3.05) is 0 Å². The van der Waals surface area contributed by atoms with E-state index in [0.29, 0.717) is 0 Å². The van der Waals surface area contributed by atoms with Crippen LogP contribution in [0.15, 0.2) is 39.6 Å². The quantitative estimate of drug-likeness (QED) is 0.381. The number of allylic oxidation sites excluding steroid dienone is 1. The van der Waals surface area contributed by atoms with Gasteiger partial charge in [-0.1, -0.05) is 5.11 Å². The first-order valence-corrected chi connectivity index (χ1v) is 2.83. The fraction of sp³-hybridized carbons (Fsp3) is 0. The van der Waals surface area contributed by atoms with Crippen LogP contribution in [0.1, 0.15) is 0 Å². The van der Waals surface area contributed by atoms with Gasteiger partial charge in [-0.05, 0) is 4.70 Å². The van der Waals surface area contributed by atoms with Gasteiger partial charge in [0.2, 0.25) is 5.70 Å². The van der Waals surface area contributed by atoms with Crippen molar-refractivity contribution < 1.29 is 4.70 Å². The van der Waals surface area contributed by atoms with E-state index in [1.54, 1.807) is 24.8 Å². The van der Waals surface area contributed by atoms with Gasteiger partial charge in [0.15, 0.2) is 6.20 Å². The molecule has 0 aliphatic carbocycles. The van der Waals surface area contributed by atoms with Gasteiger partial charge in [-0.15, -0.1) is 5.84 Å². The molecule has 0 amide bonds. The number of fused-ring (bicyclic) bond motifs is 1. The summed E-state index contributed by atoms with van der Waals surface area (Å²) in [4.78, 5) is 3.88. The Balaban J connectivity index is 2.51. The summed E-state index contributed by atoms with van der Waals surface area (Å²) in [6.45, 7) is 0. The van der Waals surface area contributed by atoms with Crippen LogP contribution in [0.5, 0.6) is 0 Å². The molecular weight excluding hydrogens is 130 g/mol. The number of hydrogen-bond acceptors (Lipinski definition) is 4. The molecule has 0 aromatic rings. The molecule has 1 unspecified atom stereocenters. The van der Waals surface area contributed by atoms with Crippen molar-refractivity contribution in [3.05, 3.63) is 24.3 Å². The lowest BCUT2D eigenvalue weighted by molar-refractivity contribution is -0.856. The molecule has 10 heavy (non-hydrogen) atoms. The van der Waals surface area contributed by atoms with Crippen molar-refractivity contribution in [1.29, 1.82) is 0 Å². The maximum absolute atomic E-state index is 5.70. The summed E-state index contributed by atoms with van der Waals surface area (Å²) in [7, 11) is 0. The number of nitrogens with two attached hydrogens (primary N) is 1. The van der Waals surface area contributed by atoms with Crippen molar-refractivity contribution in [2.45, 2.75) is 0 Å².